The quantitative estimate of drug-likeness (QED) is 0.145. The summed E-state index contributed by atoms with van der Waals surface area (Å²) in [5, 5.41) is 105. The van der Waals surface area contributed by atoms with Crippen LogP contribution in [0, 0.1) is 5.92 Å². The molecule has 1 rings (SSSR count). The fraction of sp³-hybridized carbons (Fsp3) is 0.686. The molecule has 1 unspecified atom stereocenters. The average Bonchev–Trinajstić information content (AvgIpc) is 2.98. The van der Waals surface area contributed by atoms with E-state index < -0.39 is 85.5 Å². The van der Waals surface area contributed by atoms with E-state index in [4.69, 9.17) is 4.74 Å². The van der Waals surface area contributed by atoms with Gasteiger partial charge in [-0.15, -0.1) is 0 Å². The fourth-order valence-corrected chi connectivity index (χ4v) is 5.30. The largest absolute Gasteiger partial charge is 0.459 e. The van der Waals surface area contributed by atoms with Gasteiger partial charge in [-0.3, -0.25) is 4.79 Å². The number of aliphatic hydroxyl groups excluding tert-OH is 10. The molecule has 0 amide bonds. The lowest BCUT2D eigenvalue weighted by Gasteiger charge is -2.30. The Balaban J connectivity index is 3.19. The van der Waals surface area contributed by atoms with Gasteiger partial charge >= 0.3 is 5.97 Å². The summed E-state index contributed by atoms with van der Waals surface area (Å²) in [5.74, 6) is -2.37. The van der Waals surface area contributed by atoms with E-state index in [9.17, 15) is 55.9 Å². The van der Waals surface area contributed by atoms with Gasteiger partial charge in [-0.2, -0.15) is 0 Å². The Kier molecular flexibility index (Phi) is 21.1. The summed E-state index contributed by atoms with van der Waals surface area (Å²) in [6, 6.07) is 0. The summed E-state index contributed by atoms with van der Waals surface area (Å²) in [6.07, 6.45) is 0.559. The number of hydrogen-bond acceptors (Lipinski definition) is 12. The highest BCUT2D eigenvalue weighted by Gasteiger charge is 2.37. The highest BCUT2D eigenvalue weighted by atomic mass is 16.6. The zero-order valence-corrected chi connectivity index (χ0v) is 27.8. The minimum atomic E-state index is -1.61. The Bertz CT molecular complexity index is 1020. The maximum absolute atomic E-state index is 13.1. The molecular formula is C35H58O12. The molecule has 1 aliphatic rings. The van der Waals surface area contributed by atoms with Crippen LogP contribution < -0.4 is 0 Å². The molecule has 1 heterocycles. The molecule has 0 aromatic rings. The maximum Gasteiger partial charge on any atom is 0.314 e. The third-order valence-corrected chi connectivity index (χ3v) is 8.17. The molecule has 0 bridgehead atoms. The van der Waals surface area contributed by atoms with Crippen LogP contribution in [-0.2, 0) is 9.53 Å². The van der Waals surface area contributed by atoms with Crippen molar-refractivity contribution in [3.05, 3.63) is 60.3 Å². The Morgan fingerprint density at radius 3 is 1.77 bits per heavy atom. The lowest BCUT2D eigenvalue weighted by Crippen LogP contribution is -2.43. The lowest BCUT2D eigenvalue weighted by molar-refractivity contribution is -0.168. The van der Waals surface area contributed by atoms with Crippen molar-refractivity contribution in [1.82, 2.24) is 0 Å². The van der Waals surface area contributed by atoms with Gasteiger partial charge in [0.05, 0.1) is 42.7 Å². The van der Waals surface area contributed by atoms with Gasteiger partial charge in [0.25, 0.3) is 0 Å². The molecule has 12 heteroatoms. The van der Waals surface area contributed by atoms with Gasteiger partial charge in [-0.05, 0) is 45.1 Å². The van der Waals surface area contributed by atoms with Crippen LogP contribution in [-0.4, -0.2) is 124 Å². The van der Waals surface area contributed by atoms with Gasteiger partial charge in [-0.25, -0.2) is 0 Å². The Morgan fingerprint density at radius 2 is 1.21 bits per heavy atom. The van der Waals surface area contributed by atoms with Crippen LogP contribution in [0.5, 0.6) is 0 Å². The Hall–Kier alpha value is -2.23. The summed E-state index contributed by atoms with van der Waals surface area (Å²) in [6.45, 7) is 5.00. The van der Waals surface area contributed by atoms with Gasteiger partial charge in [0, 0.05) is 12.8 Å². The number of cyclic esters (lactones) is 1. The third kappa shape index (κ3) is 17.1. The van der Waals surface area contributed by atoms with Crippen LogP contribution in [0.25, 0.3) is 0 Å². The molecule has 0 saturated heterocycles. The van der Waals surface area contributed by atoms with Crippen molar-refractivity contribution in [3.8, 4) is 0 Å². The van der Waals surface area contributed by atoms with E-state index in [1.54, 1.807) is 55.5 Å². The number of allylic oxidation sites excluding steroid dienone is 8. The predicted molar refractivity (Wildman–Crippen MR) is 177 cm³/mol. The predicted octanol–water partition coefficient (Wildman–Crippen LogP) is 0.859. The third-order valence-electron chi connectivity index (χ3n) is 8.17. The maximum atomic E-state index is 13.1. The van der Waals surface area contributed by atoms with Crippen molar-refractivity contribution in [3.63, 3.8) is 0 Å². The SMILES string of the molecule is CCCCC[C@H](O)C1C(=O)O[C@H](C)[C@@H](O)/C=C/C=C/C=C\C=C/C=C(\C)[C@@H](O)[C@H](O)[C@H](O)C[C@H](O)C[C@@H](O)C[C@@H](O)C[C@@H](O)C[C@H]1O. The Labute approximate surface area is 278 Å². The normalized spacial score (nSPS) is 39.6. The van der Waals surface area contributed by atoms with Gasteiger partial charge in [0.1, 0.15) is 30.3 Å². The first-order chi connectivity index (χ1) is 22.2. The average molecular weight is 671 g/mol. The van der Waals surface area contributed by atoms with Gasteiger partial charge in [0.15, 0.2) is 0 Å². The fourth-order valence-electron chi connectivity index (χ4n) is 5.30. The van der Waals surface area contributed by atoms with E-state index in [1.165, 1.54) is 13.0 Å². The zero-order valence-electron chi connectivity index (χ0n) is 27.8. The molecule has 12 nitrogen and oxygen atoms in total. The highest BCUT2D eigenvalue weighted by molar-refractivity contribution is 5.74. The molecule has 47 heavy (non-hydrogen) atoms. The standard InChI is InChI=1S/C35H58O12/c1-4-5-11-16-29(41)32-30(42)20-26(38)18-24(36)17-25(37)19-27(39)21-31(43)34(45)33(44)22(2)14-12-9-7-6-8-10-13-15-28(40)23(3)47-35(32)46/h6-10,12-15,23-34,36-45H,4-5,11,16-21H2,1-3H3/b7-6-,10-8+,12-9-,15-13+,22-14+/t23-,24-,25+,26-,27-,28+,29+,30-,31-,32?,33-,34-/m1/s1. The highest BCUT2D eigenvalue weighted by Crippen LogP contribution is 2.24. The molecule has 0 saturated carbocycles. The molecule has 1 aliphatic heterocycles. The second-order valence-electron chi connectivity index (χ2n) is 12.5. The smallest absolute Gasteiger partial charge is 0.314 e. The summed E-state index contributed by atoms with van der Waals surface area (Å²) in [5.41, 5.74) is 0.357. The van der Waals surface area contributed by atoms with Gasteiger partial charge in [0.2, 0.25) is 0 Å². The minimum absolute atomic E-state index is 0.197. The van der Waals surface area contributed by atoms with Crippen LogP contribution in [0.15, 0.2) is 60.3 Å². The van der Waals surface area contributed by atoms with Crippen LogP contribution in [0.4, 0.5) is 0 Å². The number of esters is 1. The molecule has 270 valence electrons. The molecule has 0 aromatic heterocycles. The lowest BCUT2D eigenvalue weighted by atomic mass is 9.87. The first-order valence-corrected chi connectivity index (χ1v) is 16.5. The molecule has 0 fully saturated rings. The van der Waals surface area contributed by atoms with Crippen LogP contribution in [0.1, 0.15) is 78.6 Å². The first-order valence-electron chi connectivity index (χ1n) is 16.5. The van der Waals surface area contributed by atoms with E-state index >= 15 is 0 Å². The summed E-state index contributed by atoms with van der Waals surface area (Å²) < 4.78 is 5.41. The molecule has 10 N–H and O–H groups in total. The van der Waals surface area contributed by atoms with E-state index in [0.717, 1.165) is 12.8 Å². The molecule has 0 aliphatic carbocycles. The Morgan fingerprint density at radius 1 is 0.723 bits per heavy atom. The van der Waals surface area contributed by atoms with E-state index in [2.05, 4.69) is 0 Å². The van der Waals surface area contributed by atoms with Crippen molar-refractivity contribution in [2.45, 2.75) is 146 Å². The van der Waals surface area contributed by atoms with Crippen molar-refractivity contribution in [2.75, 3.05) is 0 Å². The molecule has 0 radical (unpaired) electrons. The van der Waals surface area contributed by atoms with E-state index in [1.807, 2.05) is 6.92 Å². The molecule has 0 aromatic carbocycles. The van der Waals surface area contributed by atoms with Gasteiger partial charge in [-0.1, -0.05) is 80.9 Å². The van der Waals surface area contributed by atoms with Crippen LogP contribution in [0.2, 0.25) is 0 Å². The number of ether oxygens (including phenoxy) is 1. The summed E-state index contributed by atoms with van der Waals surface area (Å²) in [4.78, 5) is 13.1. The van der Waals surface area contributed by atoms with Gasteiger partial charge < -0.3 is 55.8 Å². The van der Waals surface area contributed by atoms with E-state index in [0.29, 0.717) is 12.0 Å². The number of carbonyl (C=O) groups is 1. The summed E-state index contributed by atoms with van der Waals surface area (Å²) in [7, 11) is 0. The first kappa shape index (κ1) is 42.8. The number of hydrogen-bond donors (Lipinski definition) is 10. The van der Waals surface area contributed by atoms with Crippen molar-refractivity contribution < 1.29 is 60.6 Å². The number of unbranched alkanes of at least 4 members (excludes halogenated alkanes) is 2. The molecule has 12 atom stereocenters. The number of aliphatic hydroxyl groups is 10. The number of rotatable bonds is 5. The topological polar surface area (TPSA) is 229 Å². The van der Waals surface area contributed by atoms with Crippen molar-refractivity contribution >= 4 is 5.97 Å². The number of carbonyl (C=O) groups excluding carboxylic acids is 1. The minimum Gasteiger partial charge on any atom is -0.459 e. The van der Waals surface area contributed by atoms with Crippen LogP contribution in [0.3, 0.4) is 0 Å². The van der Waals surface area contributed by atoms with Crippen molar-refractivity contribution in [2.24, 2.45) is 5.92 Å². The summed E-state index contributed by atoms with van der Waals surface area (Å²) >= 11 is 0. The van der Waals surface area contributed by atoms with Crippen LogP contribution >= 0.6 is 0 Å². The second-order valence-corrected chi connectivity index (χ2v) is 12.5. The monoisotopic (exact) mass is 670 g/mol. The van der Waals surface area contributed by atoms with Crippen molar-refractivity contribution in [1.29, 1.82) is 0 Å². The second kappa shape index (κ2) is 23.2. The van der Waals surface area contributed by atoms with E-state index in [-0.39, 0.29) is 32.1 Å². The molecular weight excluding hydrogens is 612 g/mol. The zero-order chi connectivity index (χ0) is 35.5. The molecule has 0 spiro atoms.